The fraction of sp³-hybridized carbons (Fsp3) is 0.111. The first-order valence-electron chi connectivity index (χ1n) is 7.55. The average Bonchev–Trinajstić information content (AvgIpc) is 2.92. The van der Waals surface area contributed by atoms with E-state index < -0.39 is 0 Å². The summed E-state index contributed by atoms with van der Waals surface area (Å²) in [4.78, 5) is 11.7. The molecule has 5 nitrogen and oxygen atoms in total. The van der Waals surface area contributed by atoms with E-state index in [9.17, 15) is 4.79 Å². The van der Waals surface area contributed by atoms with E-state index in [1.807, 2.05) is 12.1 Å². The van der Waals surface area contributed by atoms with Crippen molar-refractivity contribution in [3.05, 3.63) is 63.3 Å². The van der Waals surface area contributed by atoms with E-state index in [1.54, 1.807) is 37.5 Å². The maximum Gasteiger partial charge on any atom is 0.273 e. The van der Waals surface area contributed by atoms with Gasteiger partial charge in [-0.25, -0.2) is 0 Å². The molecule has 3 rings (SSSR count). The van der Waals surface area contributed by atoms with Gasteiger partial charge in [0.2, 0.25) is 0 Å². The third-order valence-electron chi connectivity index (χ3n) is 3.62. The highest BCUT2D eigenvalue weighted by Crippen LogP contribution is 2.31. The van der Waals surface area contributed by atoms with Gasteiger partial charge in [0.25, 0.3) is 5.91 Å². The Morgan fingerprint density at radius 2 is 1.92 bits per heavy atom. The Bertz CT molecular complexity index is 915. The molecule has 2 N–H and O–H groups in total. The number of nitrogens with one attached hydrogen (secondary N) is 2. The summed E-state index contributed by atoms with van der Waals surface area (Å²) in [6.07, 6.45) is 1.68. The SMILES string of the molecule is COc1cc(/C=C2/NC(=S)NC2=O)ccc1OCc1ccc(Cl)cc1Cl. The Morgan fingerprint density at radius 1 is 1.12 bits per heavy atom. The molecule has 134 valence electrons. The second-order valence-corrected chi connectivity index (χ2v) is 6.65. The second-order valence-electron chi connectivity index (χ2n) is 5.40. The van der Waals surface area contributed by atoms with Crippen LogP contribution >= 0.6 is 35.4 Å². The summed E-state index contributed by atoms with van der Waals surface area (Å²) in [5.74, 6) is 0.817. The minimum absolute atomic E-state index is 0.269. The lowest BCUT2D eigenvalue weighted by molar-refractivity contribution is -0.115. The van der Waals surface area contributed by atoms with Crippen molar-refractivity contribution < 1.29 is 14.3 Å². The van der Waals surface area contributed by atoms with Crippen LogP contribution in [0.5, 0.6) is 11.5 Å². The van der Waals surface area contributed by atoms with Crippen molar-refractivity contribution in [3.8, 4) is 11.5 Å². The van der Waals surface area contributed by atoms with Gasteiger partial charge >= 0.3 is 0 Å². The first-order valence-corrected chi connectivity index (χ1v) is 8.71. The molecular formula is C18H14Cl2N2O3S. The van der Waals surface area contributed by atoms with Crippen molar-refractivity contribution in [2.75, 3.05) is 7.11 Å². The van der Waals surface area contributed by atoms with Gasteiger partial charge in [-0.3, -0.25) is 10.1 Å². The highest BCUT2D eigenvalue weighted by Gasteiger charge is 2.20. The fourth-order valence-corrected chi connectivity index (χ4v) is 3.00. The lowest BCUT2D eigenvalue weighted by atomic mass is 10.1. The normalized spacial score (nSPS) is 15.0. The number of rotatable bonds is 5. The molecule has 1 heterocycles. The first kappa shape index (κ1) is 18.5. The number of carbonyl (C=O) groups excluding carboxylic acids is 1. The van der Waals surface area contributed by atoms with Crippen molar-refractivity contribution in [3.63, 3.8) is 0 Å². The Morgan fingerprint density at radius 3 is 2.58 bits per heavy atom. The molecule has 0 saturated carbocycles. The summed E-state index contributed by atoms with van der Waals surface area (Å²) in [5, 5.41) is 6.69. The number of carbonyl (C=O) groups is 1. The van der Waals surface area contributed by atoms with Crippen LogP contribution in [0.25, 0.3) is 6.08 Å². The molecule has 1 aliphatic heterocycles. The van der Waals surface area contributed by atoms with Crippen LogP contribution < -0.4 is 20.1 Å². The highest BCUT2D eigenvalue weighted by molar-refractivity contribution is 7.80. The van der Waals surface area contributed by atoms with Gasteiger partial charge in [0.15, 0.2) is 16.6 Å². The van der Waals surface area contributed by atoms with Crippen LogP contribution in [-0.4, -0.2) is 18.1 Å². The Kier molecular flexibility index (Phi) is 5.66. The van der Waals surface area contributed by atoms with Gasteiger partial charge in [-0.05, 0) is 48.1 Å². The zero-order valence-corrected chi connectivity index (χ0v) is 16.0. The second kappa shape index (κ2) is 7.95. The minimum atomic E-state index is -0.272. The van der Waals surface area contributed by atoms with Gasteiger partial charge in [-0.2, -0.15) is 0 Å². The number of benzene rings is 2. The summed E-state index contributed by atoms with van der Waals surface area (Å²) < 4.78 is 11.2. The number of thiocarbonyl (C=S) groups is 1. The Balaban J connectivity index is 1.77. The van der Waals surface area contributed by atoms with Crippen molar-refractivity contribution in [2.45, 2.75) is 6.61 Å². The molecule has 0 aromatic heterocycles. The summed E-state index contributed by atoms with van der Waals surface area (Å²) >= 11 is 17.0. The van der Waals surface area contributed by atoms with Gasteiger partial charge < -0.3 is 14.8 Å². The molecule has 0 atom stereocenters. The number of hydrogen-bond donors (Lipinski definition) is 2. The molecule has 1 saturated heterocycles. The molecule has 2 aromatic rings. The molecule has 0 spiro atoms. The molecule has 2 aromatic carbocycles. The van der Waals surface area contributed by atoms with Gasteiger partial charge in [-0.1, -0.05) is 35.3 Å². The average molecular weight is 409 g/mol. The zero-order chi connectivity index (χ0) is 18.7. The number of halogens is 2. The standard InChI is InChI=1S/C18H14Cl2N2O3S/c1-24-16-7-10(6-14-17(23)22-18(26)21-14)2-5-15(16)25-9-11-3-4-12(19)8-13(11)20/h2-8H,9H2,1H3,(H2,21,22,23,26)/b14-6+. The van der Waals surface area contributed by atoms with Gasteiger partial charge in [0, 0.05) is 15.6 Å². The number of methoxy groups -OCH3 is 1. The third-order valence-corrected chi connectivity index (χ3v) is 4.41. The Hall–Kier alpha value is -2.28. The predicted octanol–water partition coefficient (Wildman–Crippen LogP) is 3.93. The molecule has 0 radical (unpaired) electrons. The summed E-state index contributed by atoms with van der Waals surface area (Å²) in [6, 6.07) is 10.6. The zero-order valence-electron chi connectivity index (χ0n) is 13.6. The molecule has 1 amide bonds. The monoisotopic (exact) mass is 408 g/mol. The molecule has 0 aliphatic carbocycles. The van der Waals surface area contributed by atoms with E-state index in [0.29, 0.717) is 27.2 Å². The van der Waals surface area contributed by atoms with Gasteiger partial charge in [0.1, 0.15) is 12.3 Å². The number of hydrogen-bond acceptors (Lipinski definition) is 4. The largest absolute Gasteiger partial charge is 0.493 e. The first-order chi connectivity index (χ1) is 12.5. The van der Waals surface area contributed by atoms with Crippen molar-refractivity contribution in [1.29, 1.82) is 0 Å². The topological polar surface area (TPSA) is 59.6 Å². The lowest BCUT2D eigenvalue weighted by Gasteiger charge is -2.12. The van der Waals surface area contributed by atoms with Crippen LogP contribution in [-0.2, 0) is 11.4 Å². The molecule has 0 unspecified atom stereocenters. The van der Waals surface area contributed by atoms with Crippen LogP contribution in [0.15, 0.2) is 42.1 Å². The van der Waals surface area contributed by atoms with E-state index in [2.05, 4.69) is 10.6 Å². The number of ether oxygens (including phenoxy) is 2. The predicted molar refractivity (Wildman–Crippen MR) is 106 cm³/mol. The van der Waals surface area contributed by atoms with Crippen LogP contribution in [0, 0.1) is 0 Å². The maximum atomic E-state index is 11.7. The maximum absolute atomic E-state index is 11.7. The van der Waals surface area contributed by atoms with Crippen molar-refractivity contribution in [1.82, 2.24) is 10.6 Å². The molecule has 1 aliphatic rings. The van der Waals surface area contributed by atoms with Crippen molar-refractivity contribution in [2.24, 2.45) is 0 Å². The lowest BCUT2D eigenvalue weighted by Crippen LogP contribution is -2.21. The summed E-state index contributed by atoms with van der Waals surface area (Å²) in [6.45, 7) is 0.269. The van der Waals surface area contributed by atoms with Crippen LogP contribution in [0.4, 0.5) is 0 Å². The van der Waals surface area contributed by atoms with E-state index in [1.165, 1.54) is 0 Å². The molecule has 0 bridgehead atoms. The molecule has 8 heteroatoms. The van der Waals surface area contributed by atoms with Gasteiger partial charge in [-0.15, -0.1) is 0 Å². The highest BCUT2D eigenvalue weighted by atomic mass is 35.5. The molecule has 1 fully saturated rings. The summed E-state index contributed by atoms with van der Waals surface area (Å²) in [5.41, 5.74) is 1.95. The quantitative estimate of drug-likeness (QED) is 0.579. The smallest absolute Gasteiger partial charge is 0.273 e. The van der Waals surface area contributed by atoms with Crippen LogP contribution in [0.1, 0.15) is 11.1 Å². The minimum Gasteiger partial charge on any atom is -0.493 e. The summed E-state index contributed by atoms with van der Waals surface area (Å²) in [7, 11) is 1.55. The van der Waals surface area contributed by atoms with E-state index in [0.717, 1.165) is 11.1 Å². The molecular weight excluding hydrogens is 395 g/mol. The van der Waals surface area contributed by atoms with Crippen molar-refractivity contribution >= 4 is 52.5 Å². The van der Waals surface area contributed by atoms with Gasteiger partial charge in [0.05, 0.1) is 7.11 Å². The van der Waals surface area contributed by atoms with E-state index >= 15 is 0 Å². The van der Waals surface area contributed by atoms with E-state index in [4.69, 9.17) is 44.9 Å². The van der Waals surface area contributed by atoms with Crippen LogP contribution in [0.3, 0.4) is 0 Å². The van der Waals surface area contributed by atoms with E-state index in [-0.39, 0.29) is 17.6 Å². The van der Waals surface area contributed by atoms with Crippen LogP contribution in [0.2, 0.25) is 10.0 Å². The fourth-order valence-electron chi connectivity index (χ4n) is 2.34. The Labute approximate surface area is 165 Å². The molecule has 26 heavy (non-hydrogen) atoms. The number of amides is 1. The third kappa shape index (κ3) is 4.27.